The molecule has 0 aliphatic rings. The molecule has 0 fully saturated rings. The highest BCUT2D eigenvalue weighted by atomic mass is 16.2. The lowest BCUT2D eigenvalue weighted by molar-refractivity contribution is 0.102. The largest absolute Gasteiger partial charge is 0.332 e. The highest BCUT2D eigenvalue weighted by molar-refractivity contribution is 6.05. The van der Waals surface area contributed by atoms with E-state index in [1.807, 2.05) is 31.4 Å². The average Bonchev–Trinajstić information content (AvgIpc) is 2.55. The Hall–Kier alpha value is -3.02. The molecule has 0 radical (unpaired) electrons. The van der Waals surface area contributed by atoms with Crippen molar-refractivity contribution >= 4 is 22.8 Å². The van der Waals surface area contributed by atoms with E-state index in [9.17, 15) is 9.59 Å². The summed E-state index contributed by atoms with van der Waals surface area (Å²) in [6.45, 7) is 6.26. The zero-order valence-corrected chi connectivity index (χ0v) is 13.8. The molecule has 0 saturated heterocycles. The molecule has 0 aromatic carbocycles. The van der Waals surface area contributed by atoms with Crippen molar-refractivity contribution in [1.82, 2.24) is 14.5 Å². The molecule has 0 bridgehead atoms. The number of hydrogen-bond acceptors (Lipinski definition) is 4. The fourth-order valence-electron chi connectivity index (χ4n) is 2.56. The van der Waals surface area contributed by atoms with Gasteiger partial charge in [0.2, 0.25) is 5.43 Å². The summed E-state index contributed by atoms with van der Waals surface area (Å²) < 4.78 is 1.81. The maximum atomic E-state index is 12.7. The molecule has 24 heavy (non-hydrogen) atoms. The van der Waals surface area contributed by atoms with E-state index in [2.05, 4.69) is 15.3 Å². The Bertz CT molecular complexity index is 992. The molecular formula is C18H18N4O2. The van der Waals surface area contributed by atoms with Crippen LogP contribution < -0.4 is 10.7 Å². The SMILES string of the molecule is CCn1cc(C(=O)Nc2cccc(C)n2)c(=O)c2ccc(C)nc21. The Morgan fingerprint density at radius 3 is 2.58 bits per heavy atom. The molecule has 3 rings (SSSR count). The van der Waals surface area contributed by atoms with Crippen molar-refractivity contribution in [1.29, 1.82) is 0 Å². The lowest BCUT2D eigenvalue weighted by Gasteiger charge is -2.11. The van der Waals surface area contributed by atoms with Crippen molar-refractivity contribution in [2.24, 2.45) is 0 Å². The number of pyridine rings is 3. The van der Waals surface area contributed by atoms with Gasteiger partial charge in [0.25, 0.3) is 5.91 Å². The summed E-state index contributed by atoms with van der Waals surface area (Å²) in [7, 11) is 0. The summed E-state index contributed by atoms with van der Waals surface area (Å²) in [5.41, 5.74) is 1.96. The van der Waals surface area contributed by atoms with Gasteiger partial charge in [-0.3, -0.25) is 9.59 Å². The number of carbonyl (C=O) groups is 1. The number of aryl methyl sites for hydroxylation is 3. The predicted molar refractivity (Wildman–Crippen MR) is 93.3 cm³/mol. The van der Waals surface area contributed by atoms with Gasteiger partial charge in [0.15, 0.2) is 0 Å². The highest BCUT2D eigenvalue weighted by Gasteiger charge is 2.16. The summed E-state index contributed by atoms with van der Waals surface area (Å²) in [4.78, 5) is 33.9. The minimum absolute atomic E-state index is 0.0818. The molecule has 0 atom stereocenters. The molecule has 0 unspecified atom stereocenters. The third kappa shape index (κ3) is 2.90. The monoisotopic (exact) mass is 322 g/mol. The summed E-state index contributed by atoms with van der Waals surface area (Å²) in [5.74, 6) is -0.0487. The van der Waals surface area contributed by atoms with Crippen molar-refractivity contribution in [2.75, 3.05) is 5.32 Å². The van der Waals surface area contributed by atoms with Gasteiger partial charge < -0.3 is 9.88 Å². The quantitative estimate of drug-likeness (QED) is 0.804. The molecular weight excluding hydrogens is 304 g/mol. The Labute approximate surface area is 139 Å². The Balaban J connectivity index is 2.09. The molecule has 3 aromatic rings. The number of fused-ring (bicyclic) bond motifs is 1. The maximum absolute atomic E-state index is 12.7. The van der Waals surface area contributed by atoms with Gasteiger partial charge in [-0.05, 0) is 45.0 Å². The van der Waals surface area contributed by atoms with Gasteiger partial charge in [-0.25, -0.2) is 9.97 Å². The van der Waals surface area contributed by atoms with Gasteiger partial charge in [0.05, 0.1) is 5.39 Å². The van der Waals surface area contributed by atoms with Gasteiger partial charge in [-0.1, -0.05) is 6.07 Å². The summed E-state index contributed by atoms with van der Waals surface area (Å²) in [5, 5.41) is 3.12. The molecule has 122 valence electrons. The van der Waals surface area contributed by atoms with E-state index < -0.39 is 5.91 Å². The highest BCUT2D eigenvalue weighted by Crippen LogP contribution is 2.12. The second-order valence-electron chi connectivity index (χ2n) is 5.60. The average molecular weight is 322 g/mol. The Morgan fingerprint density at radius 2 is 1.88 bits per heavy atom. The van der Waals surface area contributed by atoms with E-state index in [0.29, 0.717) is 23.4 Å². The van der Waals surface area contributed by atoms with Crippen molar-refractivity contribution in [3.05, 3.63) is 63.7 Å². The molecule has 3 heterocycles. The zero-order chi connectivity index (χ0) is 17.3. The van der Waals surface area contributed by atoms with Gasteiger partial charge in [-0.2, -0.15) is 0 Å². The molecule has 1 amide bonds. The maximum Gasteiger partial charge on any atom is 0.262 e. The standard InChI is InChI=1S/C18H18N4O2/c1-4-22-10-14(16(23)13-9-8-12(3)20-17(13)22)18(24)21-15-7-5-6-11(2)19-15/h5-10H,4H2,1-3H3,(H,19,21,24). The van der Waals surface area contributed by atoms with Crippen LogP contribution in [-0.2, 0) is 6.54 Å². The number of nitrogens with one attached hydrogen (secondary N) is 1. The van der Waals surface area contributed by atoms with Crippen LogP contribution in [0.1, 0.15) is 28.7 Å². The molecule has 6 nitrogen and oxygen atoms in total. The van der Waals surface area contributed by atoms with Crippen LogP contribution in [0.3, 0.4) is 0 Å². The number of amides is 1. The lowest BCUT2D eigenvalue weighted by Crippen LogP contribution is -2.24. The Kier molecular flexibility index (Phi) is 4.12. The molecule has 6 heteroatoms. The first-order chi connectivity index (χ1) is 11.5. The van der Waals surface area contributed by atoms with E-state index >= 15 is 0 Å². The summed E-state index contributed by atoms with van der Waals surface area (Å²) in [6, 6.07) is 8.82. The molecule has 0 aliphatic heterocycles. The molecule has 1 N–H and O–H groups in total. The van der Waals surface area contributed by atoms with E-state index in [0.717, 1.165) is 11.4 Å². The van der Waals surface area contributed by atoms with Crippen LogP contribution >= 0.6 is 0 Å². The first-order valence-electron chi connectivity index (χ1n) is 7.75. The van der Waals surface area contributed by atoms with Crippen molar-refractivity contribution in [3.8, 4) is 0 Å². The third-order valence-electron chi connectivity index (χ3n) is 3.78. The number of hydrogen-bond donors (Lipinski definition) is 1. The van der Waals surface area contributed by atoms with E-state index in [1.54, 1.807) is 30.5 Å². The van der Waals surface area contributed by atoms with E-state index in [-0.39, 0.29) is 11.0 Å². The minimum Gasteiger partial charge on any atom is -0.332 e. The molecule has 0 saturated carbocycles. The fourth-order valence-corrected chi connectivity index (χ4v) is 2.56. The zero-order valence-electron chi connectivity index (χ0n) is 13.8. The van der Waals surface area contributed by atoms with Crippen molar-refractivity contribution in [2.45, 2.75) is 27.3 Å². The number of nitrogens with zero attached hydrogens (tertiary/aromatic N) is 3. The van der Waals surface area contributed by atoms with Crippen LogP contribution in [0.25, 0.3) is 11.0 Å². The minimum atomic E-state index is -0.470. The van der Waals surface area contributed by atoms with Crippen molar-refractivity contribution < 1.29 is 4.79 Å². The normalized spacial score (nSPS) is 10.8. The first kappa shape index (κ1) is 15.9. The van der Waals surface area contributed by atoms with Crippen molar-refractivity contribution in [3.63, 3.8) is 0 Å². The summed E-state index contributed by atoms with van der Waals surface area (Å²) in [6.07, 6.45) is 1.56. The van der Waals surface area contributed by atoms with Crippen LogP contribution in [-0.4, -0.2) is 20.4 Å². The number of carbonyl (C=O) groups excluding carboxylic acids is 1. The lowest BCUT2D eigenvalue weighted by atomic mass is 10.1. The Morgan fingerprint density at radius 1 is 1.12 bits per heavy atom. The third-order valence-corrected chi connectivity index (χ3v) is 3.78. The second kappa shape index (κ2) is 6.23. The molecule has 3 aromatic heterocycles. The number of rotatable bonds is 3. The fraction of sp³-hybridized carbons (Fsp3) is 0.222. The summed E-state index contributed by atoms with van der Waals surface area (Å²) >= 11 is 0. The second-order valence-corrected chi connectivity index (χ2v) is 5.60. The predicted octanol–water partition coefficient (Wildman–Crippen LogP) is 2.68. The number of aromatic nitrogens is 3. The van der Waals surface area contributed by atoms with E-state index in [4.69, 9.17) is 0 Å². The van der Waals surface area contributed by atoms with Crippen LogP contribution in [0, 0.1) is 13.8 Å². The molecule has 0 spiro atoms. The van der Waals surface area contributed by atoms with Crippen LogP contribution in [0.4, 0.5) is 5.82 Å². The van der Waals surface area contributed by atoms with E-state index in [1.165, 1.54) is 0 Å². The van der Waals surface area contributed by atoms with Crippen LogP contribution in [0.2, 0.25) is 0 Å². The van der Waals surface area contributed by atoms with Gasteiger partial charge in [0, 0.05) is 24.1 Å². The van der Waals surface area contributed by atoms with Gasteiger partial charge in [0.1, 0.15) is 17.0 Å². The molecule has 0 aliphatic carbocycles. The first-order valence-corrected chi connectivity index (χ1v) is 7.75. The van der Waals surface area contributed by atoms with Gasteiger partial charge >= 0.3 is 0 Å². The smallest absolute Gasteiger partial charge is 0.262 e. The van der Waals surface area contributed by atoms with Crippen LogP contribution in [0.5, 0.6) is 0 Å². The topological polar surface area (TPSA) is 76.9 Å². The van der Waals surface area contributed by atoms with Crippen LogP contribution in [0.15, 0.2) is 41.3 Å². The van der Waals surface area contributed by atoms with Gasteiger partial charge in [-0.15, -0.1) is 0 Å². The number of anilines is 1.